The minimum Gasteiger partial charge on any atom is -0.493 e. The van der Waals surface area contributed by atoms with E-state index in [9.17, 15) is 23.5 Å². The molecule has 1 aromatic heterocycles. The second-order valence-corrected chi connectivity index (χ2v) is 6.04. The van der Waals surface area contributed by atoms with Crippen molar-refractivity contribution in [1.82, 2.24) is 9.13 Å². The monoisotopic (exact) mass is 361 g/mol. The highest BCUT2D eigenvalue weighted by Gasteiger charge is 2.33. The molecule has 2 aliphatic rings. The van der Waals surface area contributed by atoms with Gasteiger partial charge < -0.3 is 9.84 Å². The molecule has 4 rings (SSSR count). The van der Waals surface area contributed by atoms with Crippen LogP contribution in [0.3, 0.4) is 0 Å². The summed E-state index contributed by atoms with van der Waals surface area (Å²) in [5, 5.41) is 10.3. The summed E-state index contributed by atoms with van der Waals surface area (Å²) in [5.41, 5.74) is -0.740. The van der Waals surface area contributed by atoms with E-state index in [0.29, 0.717) is 0 Å². The molecule has 26 heavy (non-hydrogen) atoms. The number of rotatable bonds is 2. The molecule has 0 aliphatic carbocycles. The summed E-state index contributed by atoms with van der Waals surface area (Å²) in [7, 11) is 0. The molecule has 0 spiro atoms. The minimum atomic E-state index is -1.27. The number of nitrogens with zero attached hydrogens (tertiary/aromatic N) is 3. The third-order valence-corrected chi connectivity index (χ3v) is 4.48. The Morgan fingerprint density at radius 2 is 2.12 bits per heavy atom. The molecule has 0 saturated carbocycles. The molecule has 3 heterocycles. The maximum Gasteiger partial charge on any atom is 0.336 e. The first-order valence-corrected chi connectivity index (χ1v) is 7.80. The number of alkyl halides is 1. The van der Waals surface area contributed by atoms with Gasteiger partial charge in [0.25, 0.3) is 5.91 Å². The molecule has 0 radical (unpaired) electrons. The summed E-state index contributed by atoms with van der Waals surface area (Å²) in [5.74, 6) is 0.659. The van der Waals surface area contributed by atoms with Crippen molar-refractivity contribution in [1.29, 1.82) is 0 Å². The van der Waals surface area contributed by atoms with E-state index in [0.717, 1.165) is 15.2 Å². The number of carbonyl (C=O) groups excluding carboxylic acids is 1. The first-order valence-electron chi connectivity index (χ1n) is 7.80. The number of fused-ring (bicyclic) bond motifs is 2. The molecule has 1 amide bonds. The van der Waals surface area contributed by atoms with Crippen molar-refractivity contribution in [2.45, 2.75) is 19.1 Å². The van der Waals surface area contributed by atoms with Crippen LogP contribution in [0.25, 0.3) is 5.69 Å². The number of hydrogen-bond acceptors (Lipinski definition) is 4. The number of hydrogen-bond donors (Lipinski definition) is 1. The summed E-state index contributed by atoms with van der Waals surface area (Å²) >= 11 is 0. The van der Waals surface area contributed by atoms with E-state index >= 15 is 0 Å². The number of benzene rings is 1. The normalized spacial score (nSPS) is 18.3. The van der Waals surface area contributed by atoms with Gasteiger partial charge in [-0.05, 0) is 6.07 Å². The van der Waals surface area contributed by atoms with Crippen LogP contribution in [0.5, 0.6) is 11.6 Å². The second-order valence-electron chi connectivity index (χ2n) is 6.04. The van der Waals surface area contributed by atoms with Crippen LogP contribution in [0, 0.1) is 18.2 Å². The van der Waals surface area contributed by atoms with Gasteiger partial charge in [0.05, 0.1) is 30.2 Å². The van der Waals surface area contributed by atoms with Gasteiger partial charge in [-0.1, -0.05) is 5.92 Å². The lowest BCUT2D eigenvalue weighted by Gasteiger charge is -2.28. The van der Waals surface area contributed by atoms with Crippen LogP contribution >= 0.6 is 0 Å². The molecule has 0 bridgehead atoms. The van der Waals surface area contributed by atoms with E-state index < -0.39 is 29.5 Å². The summed E-state index contributed by atoms with van der Waals surface area (Å²) in [4.78, 5) is 25.7. The van der Waals surface area contributed by atoms with Crippen molar-refractivity contribution in [3.05, 3.63) is 34.1 Å². The molecule has 0 saturated heterocycles. The van der Waals surface area contributed by atoms with E-state index in [1.807, 2.05) is 0 Å². The zero-order chi connectivity index (χ0) is 18.6. The maximum absolute atomic E-state index is 14.6. The van der Waals surface area contributed by atoms with Crippen LogP contribution in [-0.2, 0) is 17.8 Å². The lowest BCUT2D eigenvalue weighted by atomic mass is 10.2. The van der Waals surface area contributed by atoms with Gasteiger partial charge in [-0.25, -0.2) is 18.1 Å². The van der Waals surface area contributed by atoms with Gasteiger partial charge in [-0.2, -0.15) is 0 Å². The number of halogens is 2. The van der Waals surface area contributed by atoms with Gasteiger partial charge >= 0.3 is 5.69 Å². The number of imidazole rings is 1. The summed E-state index contributed by atoms with van der Waals surface area (Å²) in [6.07, 6.45) is 3.87. The summed E-state index contributed by atoms with van der Waals surface area (Å²) < 4.78 is 35.1. The third-order valence-electron chi connectivity index (χ3n) is 4.48. The van der Waals surface area contributed by atoms with Crippen molar-refractivity contribution in [3.63, 3.8) is 0 Å². The molecule has 134 valence electrons. The van der Waals surface area contributed by atoms with Crippen molar-refractivity contribution < 1.29 is 23.4 Å². The fourth-order valence-electron chi connectivity index (χ4n) is 3.30. The lowest BCUT2D eigenvalue weighted by molar-refractivity contribution is -0.121. The molecule has 2 aliphatic heterocycles. The Morgan fingerprint density at radius 1 is 1.35 bits per heavy atom. The molecule has 0 fully saturated rings. The zero-order valence-corrected chi connectivity index (χ0v) is 13.4. The molecule has 7 nitrogen and oxygen atoms in total. The highest BCUT2D eigenvalue weighted by atomic mass is 19.1. The molecule has 1 unspecified atom stereocenters. The van der Waals surface area contributed by atoms with E-state index in [2.05, 4.69) is 5.92 Å². The van der Waals surface area contributed by atoms with Gasteiger partial charge in [0, 0.05) is 12.5 Å². The molecular formula is C17H13F2N3O4. The van der Waals surface area contributed by atoms with Crippen molar-refractivity contribution >= 4 is 11.6 Å². The van der Waals surface area contributed by atoms with E-state index in [-0.39, 0.29) is 48.9 Å². The van der Waals surface area contributed by atoms with Crippen molar-refractivity contribution in [2.75, 3.05) is 18.1 Å². The fraction of sp³-hybridized carbons (Fsp3) is 0.294. The highest BCUT2D eigenvalue weighted by Crippen LogP contribution is 2.37. The highest BCUT2D eigenvalue weighted by molar-refractivity contribution is 5.98. The van der Waals surface area contributed by atoms with Crippen molar-refractivity contribution in [2.24, 2.45) is 0 Å². The van der Waals surface area contributed by atoms with Crippen LogP contribution in [0.1, 0.15) is 5.69 Å². The van der Waals surface area contributed by atoms with E-state index in [1.165, 1.54) is 11.0 Å². The molecule has 1 atom stereocenters. The van der Waals surface area contributed by atoms with Crippen LogP contribution < -0.4 is 15.3 Å². The number of carbonyl (C=O) groups is 1. The lowest BCUT2D eigenvalue weighted by Crippen LogP contribution is -2.39. The van der Waals surface area contributed by atoms with Crippen molar-refractivity contribution in [3.8, 4) is 29.7 Å². The largest absolute Gasteiger partial charge is 0.493 e. The SMILES string of the molecule is C#CCN1C(=O)COc2cc(F)c(-n3c(O)c4n(c3=O)CC(F)C4)cc21. The predicted molar refractivity (Wildman–Crippen MR) is 86.9 cm³/mol. The Morgan fingerprint density at radius 3 is 2.81 bits per heavy atom. The Balaban J connectivity index is 1.90. The first kappa shape index (κ1) is 16.2. The first-order chi connectivity index (χ1) is 12.4. The molecule has 1 N–H and O–H groups in total. The topological polar surface area (TPSA) is 76.7 Å². The van der Waals surface area contributed by atoms with Gasteiger partial charge in [0.1, 0.15) is 11.9 Å². The predicted octanol–water partition coefficient (Wildman–Crippen LogP) is 0.736. The quantitative estimate of drug-likeness (QED) is 0.801. The standard InChI is InChI=1S/C17H13F2N3O4/c1-2-3-20-12-6-11(10(19)5-14(12)26-8-15(20)23)22-16(24)13-4-9(18)7-21(13)17(22)25/h1,5-6,9,24H,3-4,7-8H2. The van der Waals surface area contributed by atoms with E-state index in [4.69, 9.17) is 11.2 Å². The summed E-state index contributed by atoms with van der Waals surface area (Å²) in [6.45, 7) is -0.542. The molecular weight excluding hydrogens is 348 g/mol. The van der Waals surface area contributed by atoms with Crippen LogP contribution in [-0.4, -0.2) is 39.5 Å². The number of ether oxygens (including phenoxy) is 1. The van der Waals surface area contributed by atoms with Gasteiger partial charge in [-0.3, -0.25) is 14.3 Å². The Bertz CT molecular complexity index is 1030. The van der Waals surface area contributed by atoms with Crippen LogP contribution in [0.15, 0.2) is 16.9 Å². The van der Waals surface area contributed by atoms with Gasteiger partial charge in [0.15, 0.2) is 12.4 Å². The van der Waals surface area contributed by atoms with E-state index in [1.54, 1.807) is 0 Å². The third kappa shape index (κ3) is 2.19. The molecule has 1 aromatic carbocycles. The minimum absolute atomic E-state index is 0.0586. The number of aromatic nitrogens is 2. The fourth-order valence-corrected chi connectivity index (χ4v) is 3.30. The number of terminal acetylenes is 1. The molecule has 9 heteroatoms. The average Bonchev–Trinajstić information content (AvgIpc) is 3.09. The Hall–Kier alpha value is -3.28. The van der Waals surface area contributed by atoms with Crippen LogP contribution in [0.4, 0.5) is 14.5 Å². The Kier molecular flexibility index (Phi) is 3.50. The second kappa shape index (κ2) is 5.62. The number of amides is 1. The maximum atomic E-state index is 14.6. The number of anilines is 1. The Labute approximate surface area is 146 Å². The zero-order valence-electron chi connectivity index (χ0n) is 13.4. The smallest absolute Gasteiger partial charge is 0.336 e. The van der Waals surface area contributed by atoms with Crippen LogP contribution in [0.2, 0.25) is 0 Å². The molecule has 2 aromatic rings. The average molecular weight is 361 g/mol. The summed E-state index contributed by atoms with van der Waals surface area (Å²) in [6, 6.07) is 2.23. The number of aromatic hydroxyl groups is 1. The van der Waals surface area contributed by atoms with Gasteiger partial charge in [-0.15, -0.1) is 6.42 Å². The van der Waals surface area contributed by atoms with Gasteiger partial charge in [0.2, 0.25) is 5.88 Å².